The highest BCUT2D eigenvalue weighted by molar-refractivity contribution is 7.89. The SMILES string of the molecule is CCN(CC)S(=O)(=O)c1ccc(S(=O)(=O)N(Cc2ccc(F)cc2)Cc2ccco2)cc1. The fourth-order valence-corrected chi connectivity index (χ4v) is 6.09. The molecule has 0 saturated carbocycles. The monoisotopic (exact) mass is 480 g/mol. The first-order valence-electron chi connectivity index (χ1n) is 10.1. The molecular formula is C22H25FN2O5S2. The largest absolute Gasteiger partial charge is 0.468 e. The minimum absolute atomic E-state index is 0.0111. The van der Waals surface area contributed by atoms with Crippen LogP contribution in [-0.2, 0) is 33.1 Å². The van der Waals surface area contributed by atoms with E-state index in [-0.39, 0.29) is 22.9 Å². The van der Waals surface area contributed by atoms with Gasteiger partial charge < -0.3 is 4.42 Å². The molecule has 0 bridgehead atoms. The van der Waals surface area contributed by atoms with Crippen LogP contribution in [0.5, 0.6) is 0 Å². The molecule has 1 aromatic heterocycles. The highest BCUT2D eigenvalue weighted by Crippen LogP contribution is 2.24. The lowest BCUT2D eigenvalue weighted by molar-refractivity contribution is 0.358. The van der Waals surface area contributed by atoms with Crippen LogP contribution in [0.1, 0.15) is 25.2 Å². The molecule has 0 aliphatic heterocycles. The second-order valence-electron chi connectivity index (χ2n) is 7.04. The molecule has 3 rings (SSSR count). The smallest absolute Gasteiger partial charge is 0.243 e. The summed E-state index contributed by atoms with van der Waals surface area (Å²) in [5.74, 6) is 0.0237. The summed E-state index contributed by atoms with van der Waals surface area (Å²) < 4.78 is 73.2. The predicted molar refractivity (Wildman–Crippen MR) is 118 cm³/mol. The lowest BCUT2D eigenvalue weighted by Crippen LogP contribution is -2.31. The molecule has 3 aromatic rings. The summed E-state index contributed by atoms with van der Waals surface area (Å²) in [5.41, 5.74) is 0.599. The Kier molecular flexibility index (Phi) is 7.50. The molecule has 0 atom stereocenters. The quantitative estimate of drug-likeness (QED) is 0.440. The topological polar surface area (TPSA) is 87.9 Å². The summed E-state index contributed by atoms with van der Waals surface area (Å²) >= 11 is 0. The van der Waals surface area contributed by atoms with Crippen LogP contribution < -0.4 is 0 Å². The Morgan fingerprint density at radius 2 is 1.28 bits per heavy atom. The maximum atomic E-state index is 13.4. The van der Waals surface area contributed by atoms with Crippen molar-refractivity contribution in [1.29, 1.82) is 0 Å². The van der Waals surface area contributed by atoms with Crippen molar-refractivity contribution >= 4 is 20.0 Å². The van der Waals surface area contributed by atoms with Crippen molar-refractivity contribution in [3.8, 4) is 0 Å². The standard InChI is InChI=1S/C22H25FN2O5S2/c1-3-24(4-2)31(26,27)21-11-13-22(14-12-21)32(28,29)25(17-20-6-5-15-30-20)16-18-7-9-19(23)10-8-18/h5-15H,3-4,16-17H2,1-2H3. The van der Waals surface area contributed by atoms with E-state index >= 15 is 0 Å². The number of nitrogens with zero attached hydrogens (tertiary/aromatic N) is 2. The van der Waals surface area contributed by atoms with Crippen molar-refractivity contribution in [1.82, 2.24) is 8.61 Å². The number of furan rings is 1. The third kappa shape index (κ3) is 5.26. The lowest BCUT2D eigenvalue weighted by atomic mass is 10.2. The second-order valence-corrected chi connectivity index (χ2v) is 10.9. The van der Waals surface area contributed by atoms with Gasteiger partial charge in [0.15, 0.2) is 0 Å². The zero-order valence-corrected chi connectivity index (χ0v) is 19.4. The van der Waals surface area contributed by atoms with Gasteiger partial charge in [0, 0.05) is 19.6 Å². The van der Waals surface area contributed by atoms with Gasteiger partial charge in [0.1, 0.15) is 11.6 Å². The number of benzene rings is 2. The van der Waals surface area contributed by atoms with E-state index in [2.05, 4.69) is 0 Å². The average molecular weight is 481 g/mol. The summed E-state index contributed by atoms with van der Waals surface area (Å²) in [6.07, 6.45) is 1.45. The van der Waals surface area contributed by atoms with Gasteiger partial charge in [0.05, 0.1) is 22.6 Å². The molecule has 0 aliphatic rings. The van der Waals surface area contributed by atoms with Gasteiger partial charge in [0.2, 0.25) is 20.0 Å². The molecule has 0 unspecified atom stereocenters. The van der Waals surface area contributed by atoms with Crippen LogP contribution in [0.4, 0.5) is 4.39 Å². The minimum Gasteiger partial charge on any atom is -0.468 e. The molecule has 0 saturated heterocycles. The van der Waals surface area contributed by atoms with Gasteiger partial charge >= 0.3 is 0 Å². The Morgan fingerprint density at radius 1 is 0.750 bits per heavy atom. The summed E-state index contributed by atoms with van der Waals surface area (Å²) in [5, 5.41) is 0. The zero-order valence-electron chi connectivity index (χ0n) is 17.8. The van der Waals surface area contributed by atoms with E-state index in [4.69, 9.17) is 4.42 Å². The van der Waals surface area contributed by atoms with E-state index in [0.29, 0.717) is 24.4 Å². The number of hydrogen-bond acceptors (Lipinski definition) is 5. The molecule has 0 spiro atoms. The first-order valence-corrected chi connectivity index (χ1v) is 12.9. The van der Waals surface area contributed by atoms with Crippen LogP contribution >= 0.6 is 0 Å². The maximum absolute atomic E-state index is 13.4. The lowest BCUT2D eigenvalue weighted by Gasteiger charge is -2.22. The van der Waals surface area contributed by atoms with Crippen LogP contribution in [0.25, 0.3) is 0 Å². The fourth-order valence-electron chi connectivity index (χ4n) is 3.24. The number of sulfonamides is 2. The molecule has 1 heterocycles. The third-order valence-corrected chi connectivity index (χ3v) is 8.86. The van der Waals surface area contributed by atoms with Gasteiger partial charge in [-0.25, -0.2) is 21.2 Å². The Bertz CT molecular complexity index is 1220. The van der Waals surface area contributed by atoms with Gasteiger partial charge in [-0.05, 0) is 54.1 Å². The van der Waals surface area contributed by atoms with Crippen molar-refractivity contribution in [2.24, 2.45) is 0 Å². The van der Waals surface area contributed by atoms with Gasteiger partial charge in [-0.15, -0.1) is 0 Å². The summed E-state index contributed by atoms with van der Waals surface area (Å²) in [6.45, 7) is 4.06. The molecule has 0 radical (unpaired) electrons. The third-order valence-electron chi connectivity index (χ3n) is 4.99. The van der Waals surface area contributed by atoms with E-state index in [1.165, 1.54) is 63.4 Å². The molecule has 0 amide bonds. The molecule has 10 heteroatoms. The minimum atomic E-state index is -4.01. The number of rotatable bonds is 10. The van der Waals surface area contributed by atoms with E-state index < -0.39 is 25.9 Å². The number of hydrogen-bond donors (Lipinski definition) is 0. The van der Waals surface area contributed by atoms with Crippen molar-refractivity contribution in [3.63, 3.8) is 0 Å². The molecule has 7 nitrogen and oxygen atoms in total. The summed E-state index contributed by atoms with van der Waals surface area (Å²) in [6, 6.07) is 14.0. The normalized spacial score (nSPS) is 12.5. The molecule has 172 valence electrons. The molecule has 0 fully saturated rings. The van der Waals surface area contributed by atoms with Crippen LogP contribution in [0.3, 0.4) is 0 Å². The van der Waals surface area contributed by atoms with E-state index in [1.807, 2.05) is 0 Å². The molecular weight excluding hydrogens is 455 g/mol. The van der Waals surface area contributed by atoms with Gasteiger partial charge in [-0.1, -0.05) is 26.0 Å². The van der Waals surface area contributed by atoms with Crippen LogP contribution in [0.15, 0.2) is 81.1 Å². The van der Waals surface area contributed by atoms with Crippen LogP contribution in [-0.4, -0.2) is 38.5 Å². The zero-order chi connectivity index (χ0) is 23.4. The summed E-state index contributed by atoms with van der Waals surface area (Å²) in [7, 11) is -7.71. The average Bonchev–Trinajstić information content (AvgIpc) is 3.29. The first-order chi connectivity index (χ1) is 15.2. The first kappa shape index (κ1) is 24.1. The Balaban J connectivity index is 1.94. The van der Waals surface area contributed by atoms with Crippen molar-refractivity contribution in [3.05, 3.63) is 84.1 Å². The van der Waals surface area contributed by atoms with E-state index in [9.17, 15) is 21.2 Å². The summed E-state index contributed by atoms with van der Waals surface area (Å²) in [4.78, 5) is -0.0269. The van der Waals surface area contributed by atoms with Gasteiger partial charge in [-0.2, -0.15) is 8.61 Å². The van der Waals surface area contributed by atoms with Crippen molar-refractivity contribution in [2.75, 3.05) is 13.1 Å². The second kappa shape index (κ2) is 9.95. The van der Waals surface area contributed by atoms with Gasteiger partial charge in [-0.3, -0.25) is 0 Å². The molecule has 0 aliphatic carbocycles. The van der Waals surface area contributed by atoms with E-state index in [0.717, 1.165) is 0 Å². The molecule has 2 aromatic carbocycles. The predicted octanol–water partition coefficient (Wildman–Crippen LogP) is 3.84. The van der Waals surface area contributed by atoms with Crippen LogP contribution in [0, 0.1) is 5.82 Å². The highest BCUT2D eigenvalue weighted by atomic mass is 32.2. The Hall–Kier alpha value is -2.53. The number of halogens is 1. The molecule has 0 N–H and O–H groups in total. The Morgan fingerprint density at radius 3 is 1.75 bits per heavy atom. The van der Waals surface area contributed by atoms with Crippen molar-refractivity contribution < 1.29 is 25.6 Å². The van der Waals surface area contributed by atoms with Gasteiger partial charge in [0.25, 0.3) is 0 Å². The van der Waals surface area contributed by atoms with Crippen LogP contribution in [0.2, 0.25) is 0 Å². The van der Waals surface area contributed by atoms with E-state index in [1.54, 1.807) is 26.0 Å². The maximum Gasteiger partial charge on any atom is 0.243 e. The van der Waals surface area contributed by atoms with Crippen molar-refractivity contribution in [2.45, 2.75) is 36.7 Å². The molecule has 32 heavy (non-hydrogen) atoms. The Labute approximate surface area is 188 Å². The highest BCUT2D eigenvalue weighted by Gasteiger charge is 2.27. The fraction of sp³-hybridized carbons (Fsp3) is 0.273.